The first kappa shape index (κ1) is 17.0. The average Bonchev–Trinajstić information content (AvgIpc) is 2.34. The van der Waals surface area contributed by atoms with Crippen LogP contribution in [0.4, 0.5) is 4.79 Å². The van der Waals surface area contributed by atoms with Crippen molar-refractivity contribution in [2.24, 2.45) is 5.41 Å². The lowest BCUT2D eigenvalue weighted by Gasteiger charge is -2.27. The van der Waals surface area contributed by atoms with Crippen LogP contribution in [0.15, 0.2) is 24.3 Å². The molecule has 0 radical (unpaired) electrons. The molecule has 0 saturated heterocycles. The maximum absolute atomic E-state index is 11.8. The predicted molar refractivity (Wildman–Crippen MR) is 82.3 cm³/mol. The van der Waals surface area contributed by atoms with Crippen LogP contribution < -0.4 is 10.6 Å². The van der Waals surface area contributed by atoms with Crippen LogP contribution in [0.1, 0.15) is 31.9 Å². The van der Waals surface area contributed by atoms with Crippen LogP contribution in [0.5, 0.6) is 0 Å². The largest absolute Gasteiger partial charge is 0.480 e. The quantitative estimate of drug-likeness (QED) is 0.779. The molecule has 0 aliphatic carbocycles. The summed E-state index contributed by atoms with van der Waals surface area (Å²) in [5.41, 5.74) is 1.77. The van der Waals surface area contributed by atoms with Gasteiger partial charge < -0.3 is 15.7 Å². The molecule has 116 valence electrons. The van der Waals surface area contributed by atoms with Crippen LogP contribution in [0.25, 0.3) is 0 Å². The zero-order valence-corrected chi connectivity index (χ0v) is 13.1. The summed E-state index contributed by atoms with van der Waals surface area (Å²) in [6, 6.07) is 6.69. The molecule has 3 N–H and O–H groups in total. The lowest BCUT2D eigenvalue weighted by molar-refractivity contribution is -0.141. The first-order chi connectivity index (χ1) is 9.70. The number of benzene rings is 1. The van der Waals surface area contributed by atoms with E-state index in [4.69, 9.17) is 5.11 Å². The van der Waals surface area contributed by atoms with Crippen molar-refractivity contribution >= 4 is 12.0 Å². The van der Waals surface area contributed by atoms with Crippen LogP contribution in [0.2, 0.25) is 0 Å². The summed E-state index contributed by atoms with van der Waals surface area (Å²) in [7, 11) is 0. The van der Waals surface area contributed by atoms with Gasteiger partial charge in [-0.3, -0.25) is 0 Å². The van der Waals surface area contributed by atoms with Crippen molar-refractivity contribution in [1.82, 2.24) is 10.6 Å². The smallest absolute Gasteiger partial charge is 0.326 e. The zero-order chi connectivity index (χ0) is 16.0. The minimum absolute atomic E-state index is 0.454. The molecule has 1 unspecified atom stereocenters. The van der Waals surface area contributed by atoms with Gasteiger partial charge in [0.25, 0.3) is 0 Å². The molecule has 0 fully saturated rings. The maximum Gasteiger partial charge on any atom is 0.326 e. The fourth-order valence-electron chi connectivity index (χ4n) is 2.02. The molecule has 0 bridgehead atoms. The third kappa shape index (κ3) is 5.85. The monoisotopic (exact) mass is 292 g/mol. The standard InChI is InChI=1S/C16H24N2O3/c1-11-6-5-7-12(10-11)8-9-17-15(21)18-13(14(19)20)16(2,3)4/h5-7,10,13H,8-9H2,1-4H3,(H,19,20)(H2,17,18,21). The normalized spacial score (nSPS) is 12.6. The summed E-state index contributed by atoms with van der Waals surface area (Å²) in [5, 5.41) is 14.3. The number of hydrogen-bond acceptors (Lipinski definition) is 2. The van der Waals surface area contributed by atoms with Crippen molar-refractivity contribution < 1.29 is 14.7 Å². The second-order valence-corrected chi connectivity index (χ2v) is 6.28. The van der Waals surface area contributed by atoms with Crippen molar-refractivity contribution in [3.63, 3.8) is 0 Å². The molecular formula is C16H24N2O3. The van der Waals surface area contributed by atoms with Gasteiger partial charge >= 0.3 is 12.0 Å². The summed E-state index contributed by atoms with van der Waals surface area (Å²) >= 11 is 0. The lowest BCUT2D eigenvalue weighted by atomic mass is 9.87. The zero-order valence-electron chi connectivity index (χ0n) is 13.1. The Kier molecular flexibility index (Phi) is 5.76. The molecule has 5 nitrogen and oxygen atoms in total. The highest BCUT2D eigenvalue weighted by atomic mass is 16.4. The fourth-order valence-corrected chi connectivity index (χ4v) is 2.02. The van der Waals surface area contributed by atoms with Crippen LogP contribution in [0, 0.1) is 12.3 Å². The molecule has 0 spiro atoms. The van der Waals surface area contributed by atoms with Crippen LogP contribution in [0.3, 0.4) is 0 Å². The van der Waals surface area contributed by atoms with E-state index in [-0.39, 0.29) is 0 Å². The number of hydrogen-bond donors (Lipinski definition) is 3. The van der Waals surface area contributed by atoms with E-state index in [2.05, 4.69) is 16.7 Å². The number of carboxylic acids is 1. The molecule has 2 amide bonds. The number of urea groups is 1. The number of amides is 2. The topological polar surface area (TPSA) is 78.4 Å². The van der Waals surface area contributed by atoms with E-state index in [1.165, 1.54) is 5.56 Å². The van der Waals surface area contributed by atoms with E-state index in [0.717, 1.165) is 5.56 Å². The highest BCUT2D eigenvalue weighted by Gasteiger charge is 2.32. The van der Waals surface area contributed by atoms with Crippen LogP contribution in [-0.4, -0.2) is 29.7 Å². The second kappa shape index (κ2) is 7.11. The lowest BCUT2D eigenvalue weighted by Crippen LogP contribution is -2.52. The van der Waals surface area contributed by atoms with Crippen molar-refractivity contribution in [3.8, 4) is 0 Å². The fraction of sp³-hybridized carbons (Fsp3) is 0.500. The van der Waals surface area contributed by atoms with E-state index in [9.17, 15) is 9.59 Å². The van der Waals surface area contributed by atoms with Crippen LogP contribution in [-0.2, 0) is 11.2 Å². The predicted octanol–water partition coefficient (Wildman–Crippen LogP) is 2.34. The molecule has 1 aromatic carbocycles. The van der Waals surface area contributed by atoms with Gasteiger partial charge in [-0.05, 0) is 24.3 Å². The number of aliphatic carboxylic acids is 1. The number of carboxylic acid groups (broad SMARTS) is 1. The Balaban J connectivity index is 2.45. The highest BCUT2D eigenvalue weighted by Crippen LogP contribution is 2.19. The Morgan fingerprint density at radius 3 is 2.48 bits per heavy atom. The molecule has 1 aromatic rings. The van der Waals surface area contributed by atoms with Crippen LogP contribution >= 0.6 is 0 Å². The van der Waals surface area contributed by atoms with Gasteiger partial charge in [-0.1, -0.05) is 50.6 Å². The number of aryl methyl sites for hydroxylation is 1. The Morgan fingerprint density at radius 2 is 1.95 bits per heavy atom. The molecule has 1 atom stereocenters. The summed E-state index contributed by atoms with van der Waals surface area (Å²) in [6.07, 6.45) is 0.711. The first-order valence-electron chi connectivity index (χ1n) is 7.03. The number of rotatable bonds is 5. The average molecular weight is 292 g/mol. The number of carbonyl (C=O) groups is 2. The number of nitrogens with one attached hydrogen (secondary N) is 2. The first-order valence-corrected chi connectivity index (χ1v) is 7.03. The third-order valence-electron chi connectivity index (χ3n) is 3.17. The Bertz CT molecular complexity index is 506. The minimum Gasteiger partial charge on any atom is -0.480 e. The highest BCUT2D eigenvalue weighted by molar-refractivity contribution is 5.83. The molecule has 5 heteroatoms. The van der Waals surface area contributed by atoms with Crippen molar-refractivity contribution in [2.75, 3.05) is 6.54 Å². The molecule has 21 heavy (non-hydrogen) atoms. The molecule has 0 aliphatic heterocycles. The van der Waals surface area contributed by atoms with Gasteiger partial charge in [0.15, 0.2) is 0 Å². The maximum atomic E-state index is 11.8. The molecule has 1 rings (SSSR count). The van der Waals surface area contributed by atoms with E-state index >= 15 is 0 Å². The van der Waals surface area contributed by atoms with E-state index in [0.29, 0.717) is 13.0 Å². The Labute approximate surface area is 125 Å². The summed E-state index contributed by atoms with van der Waals surface area (Å²) in [4.78, 5) is 22.9. The van der Waals surface area contributed by atoms with Gasteiger partial charge in [0.05, 0.1) is 0 Å². The third-order valence-corrected chi connectivity index (χ3v) is 3.17. The SMILES string of the molecule is Cc1cccc(CCNC(=O)NC(C(=O)O)C(C)(C)C)c1. The number of carbonyl (C=O) groups excluding carboxylic acids is 1. The van der Waals surface area contributed by atoms with Gasteiger partial charge in [0.2, 0.25) is 0 Å². The van der Waals surface area contributed by atoms with Gasteiger partial charge in [-0.25, -0.2) is 9.59 Å². The molecule has 0 aliphatic rings. The molecule has 0 aromatic heterocycles. The summed E-state index contributed by atoms with van der Waals surface area (Å²) < 4.78 is 0. The minimum atomic E-state index is -1.03. The van der Waals surface area contributed by atoms with Gasteiger partial charge in [0.1, 0.15) is 6.04 Å². The van der Waals surface area contributed by atoms with Crippen molar-refractivity contribution in [2.45, 2.75) is 40.2 Å². The van der Waals surface area contributed by atoms with Gasteiger partial charge in [-0.2, -0.15) is 0 Å². The van der Waals surface area contributed by atoms with E-state index in [1.54, 1.807) is 20.8 Å². The summed E-state index contributed by atoms with van der Waals surface area (Å²) in [5.74, 6) is -1.03. The van der Waals surface area contributed by atoms with E-state index < -0.39 is 23.5 Å². The molecular weight excluding hydrogens is 268 g/mol. The Morgan fingerprint density at radius 1 is 1.29 bits per heavy atom. The summed E-state index contributed by atoms with van der Waals surface area (Å²) in [6.45, 7) is 7.81. The van der Waals surface area contributed by atoms with Crippen molar-refractivity contribution in [1.29, 1.82) is 0 Å². The second-order valence-electron chi connectivity index (χ2n) is 6.28. The van der Waals surface area contributed by atoms with E-state index in [1.807, 2.05) is 25.1 Å². The molecule has 0 heterocycles. The van der Waals surface area contributed by atoms with Gasteiger partial charge in [-0.15, -0.1) is 0 Å². The molecule has 0 saturated carbocycles. The Hall–Kier alpha value is -2.04. The van der Waals surface area contributed by atoms with Crippen molar-refractivity contribution in [3.05, 3.63) is 35.4 Å². The van der Waals surface area contributed by atoms with Gasteiger partial charge in [0, 0.05) is 6.54 Å².